The van der Waals surface area contributed by atoms with E-state index in [-0.39, 0.29) is 0 Å². The van der Waals surface area contributed by atoms with E-state index in [2.05, 4.69) is 31.2 Å². The Labute approximate surface area is 112 Å². The van der Waals surface area contributed by atoms with Crippen LogP contribution in [0.5, 0.6) is 0 Å². The molecule has 6 nitrogen and oxygen atoms in total. The highest BCUT2D eigenvalue weighted by Gasteiger charge is 2.20. The molecule has 2 heterocycles. The maximum Gasteiger partial charge on any atom is 0.246 e. The second-order valence-corrected chi connectivity index (χ2v) is 5.14. The fraction of sp³-hybridized carbons (Fsp3) is 0.615. The molecule has 0 saturated heterocycles. The van der Waals surface area contributed by atoms with E-state index in [0.29, 0.717) is 24.3 Å². The van der Waals surface area contributed by atoms with Crippen LogP contribution in [0.4, 0.5) is 5.95 Å². The molecule has 3 rings (SSSR count). The number of hydrogen-bond donors (Lipinski definition) is 1. The van der Waals surface area contributed by atoms with E-state index in [1.807, 2.05) is 13.8 Å². The molecule has 0 aliphatic heterocycles. The quantitative estimate of drug-likeness (QED) is 0.916. The van der Waals surface area contributed by atoms with Crippen molar-refractivity contribution in [2.45, 2.75) is 52.1 Å². The third-order valence-corrected chi connectivity index (χ3v) is 3.54. The van der Waals surface area contributed by atoms with E-state index < -0.39 is 0 Å². The highest BCUT2D eigenvalue weighted by molar-refractivity contribution is 5.30. The number of nitrogens with one attached hydrogen (secondary N) is 1. The Bertz CT molecular complexity index is 553. The van der Waals surface area contributed by atoms with E-state index in [1.54, 1.807) is 0 Å². The molecule has 2 aromatic rings. The minimum Gasteiger partial charge on any atom is -0.347 e. The molecule has 0 atom stereocenters. The standard InChI is InChI=1S/C13H19N5O/c1-9-8-18(11-5-3-4-6-11)13(15-9)14-7-12-16-10(2)17-19-12/h8,11H,3-7H2,1-2H3,(H,14,15). The van der Waals surface area contributed by atoms with Gasteiger partial charge >= 0.3 is 0 Å². The minimum absolute atomic E-state index is 0.518. The Hall–Kier alpha value is -1.85. The second-order valence-electron chi connectivity index (χ2n) is 5.14. The first-order valence-electron chi connectivity index (χ1n) is 6.81. The molecule has 0 bridgehead atoms. The van der Waals surface area contributed by atoms with Gasteiger partial charge < -0.3 is 14.4 Å². The molecule has 1 saturated carbocycles. The zero-order valence-corrected chi connectivity index (χ0v) is 11.4. The van der Waals surface area contributed by atoms with Crippen LogP contribution in [0.2, 0.25) is 0 Å². The predicted molar refractivity (Wildman–Crippen MR) is 70.8 cm³/mol. The van der Waals surface area contributed by atoms with Crippen LogP contribution in [-0.2, 0) is 6.54 Å². The van der Waals surface area contributed by atoms with Crippen molar-refractivity contribution in [1.29, 1.82) is 0 Å². The van der Waals surface area contributed by atoms with Crippen LogP contribution in [0.15, 0.2) is 10.7 Å². The fourth-order valence-corrected chi connectivity index (χ4v) is 2.67. The molecule has 0 amide bonds. The molecule has 1 fully saturated rings. The summed E-state index contributed by atoms with van der Waals surface area (Å²) in [6, 6.07) is 0.577. The molecular formula is C13H19N5O. The van der Waals surface area contributed by atoms with Gasteiger partial charge in [0.05, 0.1) is 12.2 Å². The van der Waals surface area contributed by atoms with Gasteiger partial charge in [-0.25, -0.2) is 4.98 Å². The summed E-state index contributed by atoms with van der Waals surface area (Å²) in [5.41, 5.74) is 1.04. The van der Waals surface area contributed by atoms with Gasteiger partial charge in [-0.05, 0) is 26.7 Å². The summed E-state index contributed by atoms with van der Waals surface area (Å²) in [4.78, 5) is 8.72. The van der Waals surface area contributed by atoms with Crippen molar-refractivity contribution in [3.63, 3.8) is 0 Å². The van der Waals surface area contributed by atoms with Crippen LogP contribution < -0.4 is 5.32 Å². The van der Waals surface area contributed by atoms with Gasteiger partial charge in [-0.1, -0.05) is 18.0 Å². The van der Waals surface area contributed by atoms with E-state index in [0.717, 1.165) is 11.6 Å². The summed E-state index contributed by atoms with van der Waals surface area (Å²) in [5.74, 6) is 2.16. The van der Waals surface area contributed by atoms with Crippen LogP contribution in [0.3, 0.4) is 0 Å². The zero-order valence-electron chi connectivity index (χ0n) is 11.4. The Morgan fingerprint density at radius 1 is 1.32 bits per heavy atom. The summed E-state index contributed by atoms with van der Waals surface area (Å²) in [6.45, 7) is 4.36. The summed E-state index contributed by atoms with van der Waals surface area (Å²) >= 11 is 0. The Morgan fingerprint density at radius 3 is 2.79 bits per heavy atom. The van der Waals surface area contributed by atoms with Crippen molar-refractivity contribution < 1.29 is 4.52 Å². The SMILES string of the molecule is Cc1cn(C2CCCC2)c(NCc2nc(C)no2)n1. The van der Waals surface area contributed by atoms with Crippen LogP contribution in [0, 0.1) is 13.8 Å². The van der Waals surface area contributed by atoms with Crippen molar-refractivity contribution in [1.82, 2.24) is 19.7 Å². The van der Waals surface area contributed by atoms with Gasteiger partial charge in [0.1, 0.15) is 0 Å². The average molecular weight is 261 g/mol. The van der Waals surface area contributed by atoms with Gasteiger partial charge in [0.2, 0.25) is 11.8 Å². The molecule has 0 aromatic carbocycles. The second kappa shape index (κ2) is 5.03. The fourth-order valence-electron chi connectivity index (χ4n) is 2.67. The Morgan fingerprint density at radius 2 is 2.11 bits per heavy atom. The van der Waals surface area contributed by atoms with Gasteiger partial charge in [0, 0.05) is 12.2 Å². The molecule has 19 heavy (non-hydrogen) atoms. The largest absolute Gasteiger partial charge is 0.347 e. The monoisotopic (exact) mass is 261 g/mol. The number of nitrogens with zero attached hydrogens (tertiary/aromatic N) is 4. The number of aromatic nitrogens is 4. The van der Waals surface area contributed by atoms with E-state index >= 15 is 0 Å². The van der Waals surface area contributed by atoms with Gasteiger partial charge in [-0.2, -0.15) is 4.98 Å². The lowest BCUT2D eigenvalue weighted by atomic mass is 10.2. The highest BCUT2D eigenvalue weighted by Crippen LogP contribution is 2.32. The lowest BCUT2D eigenvalue weighted by Gasteiger charge is -2.14. The van der Waals surface area contributed by atoms with Crippen LogP contribution >= 0.6 is 0 Å². The topological polar surface area (TPSA) is 68.8 Å². The predicted octanol–water partition coefficient (Wildman–Crippen LogP) is 2.61. The first-order chi connectivity index (χ1) is 9.22. The normalized spacial score (nSPS) is 16.1. The number of imidazole rings is 1. The first-order valence-corrected chi connectivity index (χ1v) is 6.81. The number of aryl methyl sites for hydroxylation is 2. The van der Waals surface area contributed by atoms with Crippen molar-refractivity contribution in [3.8, 4) is 0 Å². The molecule has 6 heteroatoms. The van der Waals surface area contributed by atoms with Gasteiger partial charge in [-0.3, -0.25) is 0 Å². The maximum absolute atomic E-state index is 5.10. The summed E-state index contributed by atoms with van der Waals surface area (Å²) in [7, 11) is 0. The van der Waals surface area contributed by atoms with Gasteiger partial charge in [0.15, 0.2) is 5.82 Å². The number of hydrogen-bond acceptors (Lipinski definition) is 5. The zero-order chi connectivity index (χ0) is 13.2. The first kappa shape index (κ1) is 12.2. The minimum atomic E-state index is 0.518. The average Bonchev–Trinajstić information content (AvgIpc) is 3.07. The molecule has 0 spiro atoms. The molecule has 1 aliphatic carbocycles. The molecular weight excluding hydrogens is 242 g/mol. The Balaban J connectivity index is 1.73. The van der Waals surface area contributed by atoms with Crippen LogP contribution in [-0.4, -0.2) is 19.7 Å². The van der Waals surface area contributed by atoms with E-state index in [4.69, 9.17) is 4.52 Å². The Kier molecular flexibility index (Phi) is 3.23. The molecule has 102 valence electrons. The van der Waals surface area contributed by atoms with Crippen LogP contribution in [0.25, 0.3) is 0 Å². The number of anilines is 1. The maximum atomic E-state index is 5.10. The summed E-state index contributed by atoms with van der Waals surface area (Å²) in [5, 5.41) is 7.08. The molecule has 1 N–H and O–H groups in total. The van der Waals surface area contributed by atoms with Crippen molar-refractivity contribution in [2.24, 2.45) is 0 Å². The third kappa shape index (κ3) is 2.62. The molecule has 1 aliphatic rings. The van der Waals surface area contributed by atoms with E-state index in [9.17, 15) is 0 Å². The summed E-state index contributed by atoms with van der Waals surface area (Å²) in [6.07, 6.45) is 7.22. The van der Waals surface area contributed by atoms with Crippen LogP contribution in [0.1, 0.15) is 49.1 Å². The van der Waals surface area contributed by atoms with Crippen molar-refractivity contribution >= 4 is 5.95 Å². The molecule has 2 aromatic heterocycles. The summed E-state index contributed by atoms with van der Waals surface area (Å²) < 4.78 is 7.35. The van der Waals surface area contributed by atoms with Crippen molar-refractivity contribution in [3.05, 3.63) is 23.6 Å². The number of rotatable bonds is 4. The van der Waals surface area contributed by atoms with Gasteiger partial charge in [0.25, 0.3) is 0 Å². The lowest BCUT2D eigenvalue weighted by molar-refractivity contribution is 0.379. The van der Waals surface area contributed by atoms with Crippen molar-refractivity contribution in [2.75, 3.05) is 5.32 Å². The van der Waals surface area contributed by atoms with E-state index in [1.165, 1.54) is 25.7 Å². The van der Waals surface area contributed by atoms with Gasteiger partial charge in [-0.15, -0.1) is 0 Å². The lowest BCUT2D eigenvalue weighted by Crippen LogP contribution is -2.10. The smallest absolute Gasteiger partial charge is 0.246 e. The molecule has 0 radical (unpaired) electrons. The highest BCUT2D eigenvalue weighted by atomic mass is 16.5. The third-order valence-electron chi connectivity index (χ3n) is 3.54. The molecule has 0 unspecified atom stereocenters.